The van der Waals surface area contributed by atoms with Gasteiger partial charge >= 0.3 is 0 Å². The molecule has 3 aliphatic rings. The number of anilines is 4. The van der Waals surface area contributed by atoms with Gasteiger partial charge in [-0.3, -0.25) is 19.3 Å². The topological polar surface area (TPSA) is 147 Å². The van der Waals surface area contributed by atoms with Gasteiger partial charge in [0.1, 0.15) is 17.2 Å². The lowest BCUT2D eigenvalue weighted by Crippen LogP contribution is -2.48. The molecule has 14 heteroatoms. The quantitative estimate of drug-likeness (QED) is 0.130. The van der Waals surface area contributed by atoms with Crippen LogP contribution in [0, 0.1) is 0 Å². The molecule has 4 aromatic rings. The first-order chi connectivity index (χ1) is 24.3. The van der Waals surface area contributed by atoms with Crippen molar-refractivity contribution in [3.05, 3.63) is 72.2 Å². The van der Waals surface area contributed by atoms with E-state index in [1.165, 1.54) is 25.0 Å². The maximum Gasteiger partial charge on any atom is 0.262 e. The van der Waals surface area contributed by atoms with E-state index < -0.39 is 0 Å². The minimum absolute atomic E-state index is 0. The Morgan fingerprint density at radius 1 is 1.06 bits per heavy atom. The molecule has 14 nitrogen and oxygen atoms in total. The number of ketones is 1. The zero-order chi connectivity index (χ0) is 34.6. The van der Waals surface area contributed by atoms with Crippen LogP contribution < -0.4 is 20.3 Å². The van der Waals surface area contributed by atoms with Gasteiger partial charge in [-0.25, -0.2) is 9.97 Å². The Hall–Kier alpha value is -5.34. The first-order valence-corrected chi connectivity index (χ1v) is 17.0. The molecule has 264 valence electrons. The highest BCUT2D eigenvalue weighted by molar-refractivity contribution is 6.09. The number of hydrogen-bond acceptors (Lipinski definition) is 11. The molecular weight excluding hydrogens is 638 g/mol. The number of pyridine rings is 1. The first-order valence-electron chi connectivity index (χ1n) is 17.0. The van der Waals surface area contributed by atoms with Crippen molar-refractivity contribution in [3.8, 4) is 5.75 Å². The molecule has 7 rings (SSSR count). The zero-order valence-electron chi connectivity index (χ0n) is 28.3. The molecule has 1 saturated carbocycles. The minimum Gasteiger partial charge on any atom is -0.482 e. The van der Waals surface area contributed by atoms with Crippen molar-refractivity contribution in [2.24, 2.45) is 0 Å². The van der Waals surface area contributed by atoms with Gasteiger partial charge in [0.15, 0.2) is 12.4 Å². The van der Waals surface area contributed by atoms with E-state index in [1.807, 2.05) is 43.5 Å². The molecule has 0 radical (unpaired) electrons. The molecule has 0 unspecified atom stereocenters. The molecule has 0 spiro atoms. The molecule has 1 aliphatic carbocycles. The van der Waals surface area contributed by atoms with E-state index in [0.717, 1.165) is 35.3 Å². The number of hydrogen-bond donors (Lipinski definition) is 2. The number of fused-ring (bicyclic) bond motifs is 2. The predicted molar refractivity (Wildman–Crippen MR) is 193 cm³/mol. The van der Waals surface area contributed by atoms with Gasteiger partial charge in [-0.05, 0) is 69.4 Å². The second-order valence-electron chi connectivity index (χ2n) is 13.1. The number of nitrogens with zero attached hydrogens (tertiary/aromatic N) is 7. The number of amides is 2. The molecule has 1 saturated heterocycles. The fraction of sp³-hybridized carbons (Fsp3) is 0.389. The smallest absolute Gasteiger partial charge is 0.262 e. The van der Waals surface area contributed by atoms with Crippen LogP contribution in [0.4, 0.5) is 23.1 Å². The van der Waals surface area contributed by atoms with Crippen molar-refractivity contribution >= 4 is 51.8 Å². The van der Waals surface area contributed by atoms with Crippen molar-refractivity contribution in [2.75, 3.05) is 69.1 Å². The van der Waals surface area contributed by atoms with Crippen molar-refractivity contribution < 1.29 is 26.7 Å². The number of aromatic nitrogens is 4. The lowest BCUT2D eigenvalue weighted by atomic mass is 10.1. The van der Waals surface area contributed by atoms with Crippen LogP contribution in [0.3, 0.4) is 0 Å². The highest BCUT2D eigenvalue weighted by atomic mass is 16.5. The summed E-state index contributed by atoms with van der Waals surface area (Å²) in [7, 11) is 3.98. The molecular formula is C36H45N9O5. The monoisotopic (exact) mass is 683 g/mol. The van der Waals surface area contributed by atoms with E-state index in [4.69, 9.17) is 14.5 Å². The molecule has 2 fully saturated rings. The SMILES string of the molecule is CN(C)COCc1cc2cnc(Nc3ccc(N4CCN(C(=O)/C=C/C(=O)c5ccc6c(c5)NC(=O)CO6)CC4)cn3)nc2n1C1CCCC1.[HH].[HH]. The molecule has 50 heavy (non-hydrogen) atoms. The maximum absolute atomic E-state index is 12.9. The second-order valence-corrected chi connectivity index (χ2v) is 13.1. The van der Waals surface area contributed by atoms with E-state index in [1.54, 1.807) is 23.1 Å². The van der Waals surface area contributed by atoms with E-state index in [9.17, 15) is 14.4 Å². The van der Waals surface area contributed by atoms with Gasteiger partial charge in [0, 0.05) is 64.0 Å². The number of piperazine rings is 1. The summed E-state index contributed by atoms with van der Waals surface area (Å²) >= 11 is 0. The van der Waals surface area contributed by atoms with E-state index in [0.29, 0.717) is 74.3 Å². The van der Waals surface area contributed by atoms with Crippen molar-refractivity contribution in [2.45, 2.75) is 38.3 Å². The zero-order valence-corrected chi connectivity index (χ0v) is 28.3. The lowest BCUT2D eigenvalue weighted by Gasteiger charge is -2.35. The maximum atomic E-state index is 12.9. The fourth-order valence-corrected chi connectivity index (χ4v) is 6.67. The molecule has 3 aromatic heterocycles. The van der Waals surface area contributed by atoms with Crippen LogP contribution in [0.15, 0.2) is 60.9 Å². The van der Waals surface area contributed by atoms with E-state index in [2.05, 4.69) is 36.1 Å². The molecule has 0 atom stereocenters. The highest BCUT2D eigenvalue weighted by Gasteiger charge is 2.24. The summed E-state index contributed by atoms with van der Waals surface area (Å²) in [4.78, 5) is 57.2. The van der Waals surface area contributed by atoms with E-state index in [-0.39, 0.29) is 27.1 Å². The molecule has 1 aromatic carbocycles. The Bertz CT molecular complexity index is 1920. The highest BCUT2D eigenvalue weighted by Crippen LogP contribution is 2.35. The van der Waals surface area contributed by atoms with Crippen molar-refractivity contribution in [1.29, 1.82) is 0 Å². The van der Waals surface area contributed by atoms with Gasteiger partial charge in [-0.2, -0.15) is 4.98 Å². The Labute approximate surface area is 293 Å². The Kier molecular flexibility index (Phi) is 9.72. The molecule has 2 amide bonds. The average molecular weight is 684 g/mol. The van der Waals surface area contributed by atoms with Gasteiger partial charge < -0.3 is 34.5 Å². The van der Waals surface area contributed by atoms with Crippen LogP contribution in [0.25, 0.3) is 11.0 Å². The summed E-state index contributed by atoms with van der Waals surface area (Å²) in [6, 6.07) is 11.2. The number of allylic oxidation sites excluding steroid dienone is 1. The predicted octanol–water partition coefficient (Wildman–Crippen LogP) is 4.63. The van der Waals surface area contributed by atoms with Gasteiger partial charge in [0.05, 0.1) is 30.9 Å². The number of carbonyl (C=O) groups excluding carboxylic acids is 3. The third-order valence-corrected chi connectivity index (χ3v) is 9.16. The van der Waals surface area contributed by atoms with Crippen molar-refractivity contribution in [3.63, 3.8) is 0 Å². The largest absolute Gasteiger partial charge is 0.482 e. The summed E-state index contributed by atoms with van der Waals surface area (Å²) in [5.41, 5.74) is 3.77. The third-order valence-electron chi connectivity index (χ3n) is 9.16. The third kappa shape index (κ3) is 7.45. The van der Waals surface area contributed by atoms with Crippen LogP contribution >= 0.6 is 0 Å². The van der Waals surface area contributed by atoms with Crippen LogP contribution in [-0.2, 0) is 20.9 Å². The molecule has 5 heterocycles. The average Bonchev–Trinajstić information content (AvgIpc) is 3.78. The second kappa shape index (κ2) is 14.6. The molecule has 2 aliphatic heterocycles. The van der Waals surface area contributed by atoms with Gasteiger partial charge in [-0.15, -0.1) is 0 Å². The van der Waals surface area contributed by atoms with Gasteiger partial charge in [0.25, 0.3) is 5.91 Å². The van der Waals surface area contributed by atoms with Crippen LogP contribution in [0.1, 0.15) is 50.6 Å². The number of benzene rings is 1. The minimum atomic E-state index is -0.331. The van der Waals surface area contributed by atoms with Gasteiger partial charge in [-0.1, -0.05) is 12.8 Å². The summed E-state index contributed by atoms with van der Waals surface area (Å²) in [5.74, 6) is 0.798. The molecule has 2 N–H and O–H groups in total. The first kappa shape index (κ1) is 33.2. The Balaban J connectivity index is 0.00000261. The number of nitrogens with one attached hydrogen (secondary N) is 2. The van der Waals surface area contributed by atoms with E-state index >= 15 is 0 Å². The summed E-state index contributed by atoms with van der Waals surface area (Å²) in [5, 5.41) is 6.95. The number of ether oxygens (including phenoxy) is 2. The summed E-state index contributed by atoms with van der Waals surface area (Å²) in [6.45, 7) is 3.30. The fourth-order valence-electron chi connectivity index (χ4n) is 6.67. The summed E-state index contributed by atoms with van der Waals surface area (Å²) < 4.78 is 13.6. The lowest BCUT2D eigenvalue weighted by molar-refractivity contribution is -0.126. The van der Waals surface area contributed by atoms with Gasteiger partial charge in [0.2, 0.25) is 11.9 Å². The standard InChI is InChI=1S/C36H41N9O5.2H2/c1-42(2)23-49-21-28-17-25-19-38-36(41-35(25)45(28)26-5-3-4-6-26)40-32-11-8-27(20-37-32)43-13-15-44(16-14-43)34(48)12-9-30(46)24-7-10-31-29(18-24)39-33(47)22-50-31;;/h7-12,17-20,26H,3-6,13-16,21-23H2,1-2H3,(H,39,47)(H,37,38,40,41);2*1H/b12-9+;;. The van der Waals surface area contributed by atoms with Crippen molar-refractivity contribution in [1.82, 2.24) is 29.3 Å². The normalized spacial score (nSPS) is 16.6. The van der Waals surface area contributed by atoms with Crippen LogP contribution in [0.5, 0.6) is 5.75 Å². The summed E-state index contributed by atoms with van der Waals surface area (Å²) in [6.07, 6.45) is 10.9. The Morgan fingerprint density at radius 3 is 2.64 bits per heavy atom. The van der Waals surface area contributed by atoms with Crippen LogP contribution in [-0.4, -0.2) is 101 Å². The Morgan fingerprint density at radius 2 is 1.88 bits per heavy atom. The molecule has 0 bridgehead atoms. The number of carbonyl (C=O) groups is 3. The van der Waals surface area contributed by atoms with Crippen LogP contribution in [0.2, 0.25) is 0 Å². The number of rotatable bonds is 11.